The number of ether oxygens (including phenoxy) is 2. The summed E-state index contributed by atoms with van der Waals surface area (Å²) in [4.78, 5) is 38.7. The fraction of sp³-hybridized carbons (Fsp3) is 0.754. The molecular weight excluding hydrogens is 903 g/mol. The highest BCUT2D eigenvalue weighted by atomic mass is 16.6. The maximum Gasteiger partial charge on any atom is 0.339 e. The zero-order chi connectivity index (χ0) is 48.3. The first-order valence-electron chi connectivity index (χ1n) is 31.0. The topological polar surface area (TPSA) is 105 Å². The van der Waals surface area contributed by atoms with Crippen molar-refractivity contribution in [2.45, 2.75) is 198 Å². The molecule has 18 aliphatic rings. The monoisotopic (exact) mass is 984 g/mol. The minimum Gasteiger partial charge on any atom is -0.508 e. The molecule has 0 radical (unpaired) electrons. The van der Waals surface area contributed by atoms with Crippen LogP contribution in [0.5, 0.6) is 0 Å². The number of nitrogens with two attached hydrogens (primary N) is 1. The lowest BCUT2D eigenvalue weighted by atomic mass is 9.26. The molecule has 8 heterocycles. The van der Waals surface area contributed by atoms with E-state index in [1.807, 2.05) is 0 Å². The van der Waals surface area contributed by atoms with Crippen LogP contribution >= 0.6 is 0 Å². The Kier molecular flexibility index (Phi) is 8.51. The second-order valence-corrected chi connectivity index (χ2v) is 29.4. The van der Waals surface area contributed by atoms with Gasteiger partial charge in [0.1, 0.15) is 11.2 Å². The zero-order valence-electron chi connectivity index (χ0n) is 43.9. The van der Waals surface area contributed by atoms with Crippen LogP contribution in [0.4, 0.5) is 0 Å². The molecule has 10 aliphatic carbocycles. The molecule has 11 fully saturated rings. The van der Waals surface area contributed by atoms with Crippen LogP contribution in [0.25, 0.3) is 0 Å². The average Bonchev–Trinajstić information content (AvgIpc) is 4.27. The van der Waals surface area contributed by atoms with E-state index in [-0.39, 0.29) is 46.6 Å². The van der Waals surface area contributed by atoms with Crippen molar-refractivity contribution in [1.82, 2.24) is 9.80 Å². The average molecular weight is 984 g/mol. The zero-order valence-corrected chi connectivity index (χ0v) is 43.9. The Hall–Kier alpha value is -3.36. The highest BCUT2D eigenvalue weighted by Crippen LogP contribution is 2.90. The predicted octanol–water partition coefficient (Wildman–Crippen LogP) is 12.1. The Balaban J connectivity index is 0.956. The molecule has 17 atom stereocenters. The van der Waals surface area contributed by atoms with Crippen molar-refractivity contribution in [2.24, 2.45) is 92.0 Å². The van der Waals surface area contributed by atoms with Gasteiger partial charge in [0, 0.05) is 66.1 Å². The molecule has 8 aliphatic heterocycles. The molecule has 8 heteroatoms. The van der Waals surface area contributed by atoms with E-state index in [0.717, 1.165) is 68.2 Å². The first kappa shape index (κ1) is 43.7. The number of fused-ring (bicyclic) bond motifs is 7. The van der Waals surface area contributed by atoms with Gasteiger partial charge in [-0.1, -0.05) is 73.6 Å². The van der Waals surface area contributed by atoms with Gasteiger partial charge in [-0.15, -0.1) is 0 Å². The van der Waals surface area contributed by atoms with Crippen LogP contribution in [0.3, 0.4) is 0 Å². The molecule has 73 heavy (non-hydrogen) atoms. The van der Waals surface area contributed by atoms with E-state index in [2.05, 4.69) is 41.0 Å². The van der Waals surface area contributed by atoms with Crippen molar-refractivity contribution in [3.63, 3.8) is 0 Å². The number of aryl methyl sites for hydroxylation is 1. The van der Waals surface area contributed by atoms with E-state index in [1.54, 1.807) is 22.4 Å². The van der Waals surface area contributed by atoms with Crippen LogP contribution in [-0.2, 0) is 26.3 Å². The minimum absolute atomic E-state index is 0.101. The van der Waals surface area contributed by atoms with Crippen LogP contribution in [0.1, 0.15) is 189 Å². The van der Waals surface area contributed by atoms with Crippen molar-refractivity contribution >= 4 is 11.9 Å². The van der Waals surface area contributed by atoms with Gasteiger partial charge in [0.15, 0.2) is 11.4 Å². The normalized spacial score (nSPS) is 50.5. The molecule has 0 unspecified atom stereocenters. The molecule has 3 N–H and O–H groups in total. The summed E-state index contributed by atoms with van der Waals surface area (Å²) < 4.78 is 15.1. The first-order valence-corrected chi connectivity index (χ1v) is 31.0. The summed E-state index contributed by atoms with van der Waals surface area (Å²) in [5.74, 6) is 3.94. The summed E-state index contributed by atoms with van der Waals surface area (Å²) in [6.45, 7) is 5.55. The van der Waals surface area contributed by atoms with Gasteiger partial charge < -0.3 is 25.2 Å². The first-order chi connectivity index (χ1) is 35.6. The number of esters is 2. The molecule has 1 aromatic rings. The Morgan fingerprint density at radius 1 is 0.863 bits per heavy atom. The number of carbonyl (C=O) groups excluding carboxylic acids is 2. The van der Waals surface area contributed by atoms with Gasteiger partial charge in [0.25, 0.3) is 0 Å². The van der Waals surface area contributed by atoms with E-state index in [4.69, 9.17) is 15.2 Å². The van der Waals surface area contributed by atoms with Gasteiger partial charge in [-0.2, -0.15) is 0 Å². The molecule has 6 spiro atoms. The number of rotatable bonds is 4. The number of nitrogens with zero attached hydrogens (tertiary/aromatic N) is 2. The van der Waals surface area contributed by atoms with Crippen molar-refractivity contribution in [3.8, 4) is 0 Å². The third kappa shape index (κ3) is 4.78. The predicted molar refractivity (Wildman–Crippen MR) is 277 cm³/mol. The molecule has 6 saturated carbocycles. The summed E-state index contributed by atoms with van der Waals surface area (Å²) in [5, 5.41) is 14.4. The quantitative estimate of drug-likeness (QED) is 0.227. The molecule has 11 bridgehead atoms. The van der Waals surface area contributed by atoms with Gasteiger partial charge in [0.2, 0.25) is 0 Å². The molecule has 0 amide bonds. The lowest BCUT2D eigenvalue weighted by Crippen LogP contribution is -2.78. The largest absolute Gasteiger partial charge is 0.508 e. The van der Waals surface area contributed by atoms with Crippen LogP contribution < -0.4 is 5.73 Å². The summed E-state index contributed by atoms with van der Waals surface area (Å²) in [6, 6.07) is 7.87. The van der Waals surface area contributed by atoms with Crippen LogP contribution in [0.2, 0.25) is 0 Å². The maximum absolute atomic E-state index is 16.9. The number of aliphatic hydroxyl groups excluding tert-OH is 1. The highest BCUT2D eigenvalue weighted by Gasteiger charge is 2.94. The number of carbonyl (C=O) groups is 2. The number of hydrogen-bond donors (Lipinski definition) is 2. The maximum atomic E-state index is 16.9. The number of piperidine rings is 3. The third-order valence-corrected chi connectivity index (χ3v) is 27.6. The van der Waals surface area contributed by atoms with Crippen molar-refractivity contribution in [3.05, 3.63) is 80.5 Å². The van der Waals surface area contributed by atoms with E-state index >= 15 is 9.59 Å². The Labute approximate surface area is 433 Å². The van der Waals surface area contributed by atoms with Crippen molar-refractivity contribution < 1.29 is 24.2 Å². The lowest BCUT2D eigenvalue weighted by Gasteiger charge is -2.74. The molecule has 8 nitrogen and oxygen atoms in total. The smallest absolute Gasteiger partial charge is 0.339 e. The lowest BCUT2D eigenvalue weighted by molar-refractivity contribution is -0.284. The summed E-state index contributed by atoms with van der Waals surface area (Å²) in [5.41, 5.74) is 14.7. The van der Waals surface area contributed by atoms with Gasteiger partial charge in [0.05, 0.1) is 11.0 Å². The second-order valence-electron chi connectivity index (χ2n) is 29.4. The number of hydrogen-bond acceptors (Lipinski definition) is 8. The standard InChI is InChI=1S/C65H81N3O5/c1-35-26-39-13-14-48-42-28-43-33-67(48)54(39)52-44-17-22-63-57(55(69)45-29-40-15-20-61(56(45)68(32-42)53(40)43)24-23-60(34-61)18-4-5-19-60)72-59(71)64(63)49(65(63)47-12-6-10-37(11-7-25-66)50(47)58(70)73-65)30-41(36-8-2-3-9-36)27-38-16-21-62(35,52)31-46(38)51(44)64/h6,10,12,27,35-36,40-43,45-46,48-49,52-53,56,69H,2-5,7-9,11,13-26,28-34,66H2,1H3/b38-27?,57-55+/t35-,40-,41-,42+,43+,45+,46-,48-,49+,52-,53-,56-,61+,62-,63-,64-,65-/m1/s1. The molecule has 5 saturated heterocycles. The van der Waals surface area contributed by atoms with E-state index in [1.165, 1.54) is 128 Å². The third-order valence-electron chi connectivity index (χ3n) is 27.6. The Morgan fingerprint density at radius 3 is 2.60 bits per heavy atom. The summed E-state index contributed by atoms with van der Waals surface area (Å²) in [6.07, 6.45) is 33.1. The van der Waals surface area contributed by atoms with Gasteiger partial charge in [-0.3, -0.25) is 9.69 Å². The molecule has 386 valence electrons. The van der Waals surface area contributed by atoms with Crippen molar-refractivity contribution in [1.29, 1.82) is 0 Å². The Bertz CT molecular complexity index is 2850. The summed E-state index contributed by atoms with van der Waals surface area (Å²) in [7, 11) is 0. The fourth-order valence-corrected chi connectivity index (χ4v) is 25.6. The number of benzene rings is 1. The second kappa shape index (κ2) is 14.2. The van der Waals surface area contributed by atoms with Crippen molar-refractivity contribution in [2.75, 3.05) is 19.6 Å². The molecule has 0 aromatic heterocycles. The van der Waals surface area contributed by atoms with Gasteiger partial charge in [-0.05, 0) is 211 Å². The van der Waals surface area contributed by atoms with E-state index in [0.29, 0.717) is 83.4 Å². The number of aliphatic hydroxyl groups is 1. The SMILES string of the molecule is C[C@@H]1CC2=C3[C@H]4C5=C6[C@@H]7C[C@@]41CCC7=C[C@@H](C1CCCC1)C[C@H]1[C@]64C(=O)O/C(=C(/O)[C@@H]6C[C@H]7CC[C@@]8(CCC9(CCCC9)C8)[C@@H]6N6C[C@@H]8C[C@@H](CN3[C@@H]8CC2)[C@@H]76)[C@@]4(CC5)[C@]12OC(=O)c1c(CCCN)cccc12. The van der Waals surface area contributed by atoms with Crippen LogP contribution in [-0.4, -0.2) is 64.6 Å². The fourth-order valence-electron chi connectivity index (χ4n) is 25.6. The summed E-state index contributed by atoms with van der Waals surface area (Å²) >= 11 is 0. The van der Waals surface area contributed by atoms with E-state index < -0.39 is 16.4 Å². The number of allylic oxidation sites excluding steroid dienone is 4. The highest BCUT2D eigenvalue weighted by molar-refractivity contribution is 6.00. The Morgan fingerprint density at radius 2 is 1.74 bits per heavy atom. The van der Waals surface area contributed by atoms with Gasteiger partial charge >= 0.3 is 11.9 Å². The molecule has 19 rings (SSSR count). The molecule has 1 aromatic carbocycles. The van der Waals surface area contributed by atoms with Crippen LogP contribution in [0.15, 0.2) is 63.8 Å². The van der Waals surface area contributed by atoms with Gasteiger partial charge in [-0.25, -0.2) is 4.79 Å². The molecular formula is C65H81N3O5. The van der Waals surface area contributed by atoms with E-state index in [9.17, 15) is 5.11 Å². The minimum atomic E-state index is -1.13. The van der Waals surface area contributed by atoms with Crippen LogP contribution in [0, 0.1) is 86.3 Å².